The topological polar surface area (TPSA) is 46.2 Å². The molecule has 1 aromatic heterocycles. The summed E-state index contributed by atoms with van der Waals surface area (Å²) < 4.78 is 5.50. The van der Waals surface area contributed by atoms with Crippen LogP contribution in [0.4, 0.5) is 5.69 Å². The second-order valence-corrected chi connectivity index (χ2v) is 6.36. The molecule has 0 atom stereocenters. The van der Waals surface area contributed by atoms with Gasteiger partial charge in [0.15, 0.2) is 0 Å². The molecule has 3 rings (SSSR count). The van der Waals surface area contributed by atoms with Crippen molar-refractivity contribution in [1.29, 1.82) is 0 Å². The standard InChI is InChI=1S/C18H25N3O/c1-14-11-17(15-5-3-4-6-16(15)21-14)20-12-18(13-22-2)7-9-19-10-8-18/h3-6,11,19H,7-10,12-13H2,1-2H3,(H,20,21). The fraction of sp³-hybridized carbons (Fsp3) is 0.500. The number of ether oxygens (including phenoxy) is 1. The number of methoxy groups -OCH3 is 1. The molecule has 22 heavy (non-hydrogen) atoms. The van der Waals surface area contributed by atoms with Gasteiger partial charge in [-0.05, 0) is 45.0 Å². The highest BCUT2D eigenvalue weighted by Gasteiger charge is 2.32. The van der Waals surface area contributed by atoms with Gasteiger partial charge in [0.05, 0.1) is 12.1 Å². The lowest BCUT2D eigenvalue weighted by molar-refractivity contribution is 0.0636. The summed E-state index contributed by atoms with van der Waals surface area (Å²) in [4.78, 5) is 4.61. The number of benzene rings is 1. The van der Waals surface area contributed by atoms with Gasteiger partial charge in [-0.1, -0.05) is 18.2 Å². The molecule has 2 heterocycles. The average Bonchev–Trinajstić information content (AvgIpc) is 2.54. The van der Waals surface area contributed by atoms with Crippen LogP contribution in [0.25, 0.3) is 10.9 Å². The SMILES string of the molecule is COCC1(CNc2cc(C)nc3ccccc23)CCNCC1. The number of rotatable bonds is 5. The molecular formula is C18H25N3O. The molecule has 1 fully saturated rings. The van der Waals surface area contributed by atoms with E-state index in [1.807, 2.05) is 13.0 Å². The van der Waals surface area contributed by atoms with E-state index < -0.39 is 0 Å². The number of nitrogens with zero attached hydrogens (tertiary/aromatic N) is 1. The Bertz CT molecular complexity index is 630. The highest BCUT2D eigenvalue weighted by molar-refractivity contribution is 5.91. The van der Waals surface area contributed by atoms with E-state index in [-0.39, 0.29) is 5.41 Å². The van der Waals surface area contributed by atoms with Gasteiger partial charge in [0.1, 0.15) is 0 Å². The smallest absolute Gasteiger partial charge is 0.0725 e. The van der Waals surface area contributed by atoms with E-state index in [0.29, 0.717) is 0 Å². The number of aromatic nitrogens is 1. The lowest BCUT2D eigenvalue weighted by Gasteiger charge is -2.37. The molecule has 0 radical (unpaired) electrons. The molecule has 0 saturated carbocycles. The van der Waals surface area contributed by atoms with E-state index in [2.05, 4.69) is 39.9 Å². The van der Waals surface area contributed by atoms with Crippen molar-refractivity contribution in [2.75, 3.05) is 38.7 Å². The van der Waals surface area contributed by atoms with Crippen LogP contribution in [0.3, 0.4) is 0 Å². The van der Waals surface area contributed by atoms with Crippen molar-refractivity contribution in [2.24, 2.45) is 5.41 Å². The van der Waals surface area contributed by atoms with Crippen LogP contribution in [-0.4, -0.2) is 38.3 Å². The number of para-hydroxylation sites is 1. The van der Waals surface area contributed by atoms with E-state index in [0.717, 1.165) is 50.3 Å². The van der Waals surface area contributed by atoms with E-state index in [1.54, 1.807) is 7.11 Å². The molecule has 1 saturated heterocycles. The molecule has 1 aliphatic rings. The Labute approximate surface area is 132 Å². The predicted molar refractivity (Wildman–Crippen MR) is 91.4 cm³/mol. The number of hydrogen-bond acceptors (Lipinski definition) is 4. The normalized spacial score (nSPS) is 17.5. The van der Waals surface area contributed by atoms with E-state index in [4.69, 9.17) is 4.74 Å². The van der Waals surface area contributed by atoms with Gasteiger partial charge in [-0.15, -0.1) is 0 Å². The zero-order chi connectivity index (χ0) is 15.4. The molecule has 0 bridgehead atoms. The largest absolute Gasteiger partial charge is 0.384 e. The molecule has 4 heteroatoms. The molecule has 0 unspecified atom stereocenters. The molecule has 0 amide bonds. The van der Waals surface area contributed by atoms with Gasteiger partial charge in [0, 0.05) is 35.8 Å². The molecule has 0 aliphatic carbocycles. The lowest BCUT2D eigenvalue weighted by Crippen LogP contribution is -2.44. The van der Waals surface area contributed by atoms with Gasteiger partial charge in [-0.25, -0.2) is 0 Å². The third kappa shape index (κ3) is 3.23. The average molecular weight is 299 g/mol. The van der Waals surface area contributed by atoms with E-state index in [1.165, 1.54) is 11.1 Å². The maximum absolute atomic E-state index is 5.50. The maximum atomic E-state index is 5.50. The minimum Gasteiger partial charge on any atom is -0.384 e. The Morgan fingerprint density at radius 1 is 1.27 bits per heavy atom. The fourth-order valence-electron chi connectivity index (χ4n) is 3.37. The van der Waals surface area contributed by atoms with Crippen molar-refractivity contribution in [3.8, 4) is 0 Å². The van der Waals surface area contributed by atoms with Crippen LogP contribution < -0.4 is 10.6 Å². The van der Waals surface area contributed by atoms with Crippen molar-refractivity contribution < 1.29 is 4.74 Å². The summed E-state index contributed by atoms with van der Waals surface area (Å²) in [6, 6.07) is 10.5. The third-order valence-electron chi connectivity index (χ3n) is 4.61. The van der Waals surface area contributed by atoms with Crippen molar-refractivity contribution in [3.63, 3.8) is 0 Å². The van der Waals surface area contributed by atoms with E-state index >= 15 is 0 Å². The summed E-state index contributed by atoms with van der Waals surface area (Å²) in [6.45, 7) is 5.94. The third-order valence-corrected chi connectivity index (χ3v) is 4.61. The first kappa shape index (κ1) is 15.3. The Hall–Kier alpha value is -1.65. The van der Waals surface area contributed by atoms with Gasteiger partial charge in [-0.2, -0.15) is 0 Å². The highest BCUT2D eigenvalue weighted by Crippen LogP contribution is 2.31. The quantitative estimate of drug-likeness (QED) is 0.891. The number of nitrogens with one attached hydrogen (secondary N) is 2. The van der Waals surface area contributed by atoms with Crippen molar-refractivity contribution >= 4 is 16.6 Å². The molecule has 2 aromatic rings. The van der Waals surface area contributed by atoms with Crippen molar-refractivity contribution in [3.05, 3.63) is 36.0 Å². The molecule has 1 aromatic carbocycles. The zero-order valence-electron chi connectivity index (χ0n) is 13.5. The second-order valence-electron chi connectivity index (χ2n) is 6.36. The fourth-order valence-corrected chi connectivity index (χ4v) is 3.37. The first-order valence-electron chi connectivity index (χ1n) is 8.02. The Morgan fingerprint density at radius 3 is 2.82 bits per heavy atom. The van der Waals surface area contributed by atoms with Crippen LogP contribution in [-0.2, 0) is 4.74 Å². The monoisotopic (exact) mass is 299 g/mol. The molecule has 1 aliphatic heterocycles. The van der Waals surface area contributed by atoms with Crippen LogP contribution in [0.15, 0.2) is 30.3 Å². The minimum absolute atomic E-state index is 0.221. The first-order chi connectivity index (χ1) is 10.7. The summed E-state index contributed by atoms with van der Waals surface area (Å²) in [5.74, 6) is 0. The Balaban J connectivity index is 1.83. The number of pyridine rings is 1. The van der Waals surface area contributed by atoms with Gasteiger partial charge < -0.3 is 15.4 Å². The van der Waals surface area contributed by atoms with Crippen LogP contribution in [0, 0.1) is 12.3 Å². The number of fused-ring (bicyclic) bond motifs is 1. The van der Waals surface area contributed by atoms with Gasteiger partial charge in [0.2, 0.25) is 0 Å². The molecule has 4 nitrogen and oxygen atoms in total. The van der Waals surface area contributed by atoms with Gasteiger partial charge >= 0.3 is 0 Å². The number of aryl methyl sites for hydroxylation is 1. The van der Waals surface area contributed by atoms with Crippen LogP contribution >= 0.6 is 0 Å². The molecular weight excluding hydrogens is 274 g/mol. The van der Waals surface area contributed by atoms with Crippen LogP contribution in [0.5, 0.6) is 0 Å². The molecule has 118 valence electrons. The minimum atomic E-state index is 0.221. The highest BCUT2D eigenvalue weighted by atomic mass is 16.5. The zero-order valence-corrected chi connectivity index (χ0v) is 13.5. The Kier molecular flexibility index (Phi) is 4.60. The van der Waals surface area contributed by atoms with Crippen molar-refractivity contribution in [1.82, 2.24) is 10.3 Å². The summed E-state index contributed by atoms with van der Waals surface area (Å²) >= 11 is 0. The van der Waals surface area contributed by atoms with Gasteiger partial charge in [-0.3, -0.25) is 4.98 Å². The number of hydrogen-bond donors (Lipinski definition) is 2. The summed E-state index contributed by atoms with van der Waals surface area (Å²) in [5.41, 5.74) is 3.50. The first-order valence-corrected chi connectivity index (χ1v) is 8.02. The van der Waals surface area contributed by atoms with Crippen molar-refractivity contribution in [2.45, 2.75) is 19.8 Å². The van der Waals surface area contributed by atoms with E-state index in [9.17, 15) is 0 Å². The summed E-state index contributed by atoms with van der Waals surface area (Å²) in [7, 11) is 1.80. The summed E-state index contributed by atoms with van der Waals surface area (Å²) in [5, 5.41) is 8.31. The lowest BCUT2D eigenvalue weighted by atomic mass is 9.79. The number of piperidine rings is 1. The maximum Gasteiger partial charge on any atom is 0.0725 e. The predicted octanol–water partition coefficient (Wildman–Crippen LogP) is 2.97. The molecule has 0 spiro atoms. The summed E-state index contributed by atoms with van der Waals surface area (Å²) in [6.07, 6.45) is 2.30. The second kappa shape index (κ2) is 6.63. The van der Waals surface area contributed by atoms with Crippen LogP contribution in [0.2, 0.25) is 0 Å². The van der Waals surface area contributed by atoms with Crippen LogP contribution in [0.1, 0.15) is 18.5 Å². The molecule has 2 N–H and O–H groups in total. The Morgan fingerprint density at radius 2 is 2.05 bits per heavy atom. The number of anilines is 1. The van der Waals surface area contributed by atoms with Gasteiger partial charge in [0.25, 0.3) is 0 Å².